The maximum absolute atomic E-state index is 11.9. The molecule has 0 heterocycles. The Kier molecular flexibility index (Phi) is 5.77. The van der Waals surface area contributed by atoms with E-state index in [4.69, 9.17) is 21.6 Å². The van der Waals surface area contributed by atoms with Crippen LogP contribution in [-0.2, 0) is 9.53 Å². The molecule has 0 saturated heterocycles. The zero-order chi connectivity index (χ0) is 17.5. The SMILES string of the molecule is COC(=O)c1ccc(Cl)c(NC(=O)COc2ccc(C#N)cc2)c1. The Bertz CT molecular complexity index is 797. The van der Waals surface area contributed by atoms with Gasteiger partial charge in [-0.05, 0) is 42.5 Å². The molecule has 2 aromatic carbocycles. The molecule has 2 aromatic rings. The van der Waals surface area contributed by atoms with Gasteiger partial charge in [-0.1, -0.05) is 11.6 Å². The molecule has 0 bridgehead atoms. The second-order valence-corrected chi connectivity index (χ2v) is 5.07. The van der Waals surface area contributed by atoms with E-state index in [-0.39, 0.29) is 22.9 Å². The Morgan fingerprint density at radius 2 is 1.92 bits per heavy atom. The van der Waals surface area contributed by atoms with Gasteiger partial charge in [0.05, 0.1) is 35.0 Å². The van der Waals surface area contributed by atoms with Gasteiger partial charge in [0.2, 0.25) is 0 Å². The molecule has 0 spiro atoms. The van der Waals surface area contributed by atoms with Crippen molar-refractivity contribution < 1.29 is 19.1 Å². The lowest BCUT2D eigenvalue weighted by molar-refractivity contribution is -0.118. The van der Waals surface area contributed by atoms with Gasteiger partial charge < -0.3 is 14.8 Å². The molecule has 24 heavy (non-hydrogen) atoms. The standard InChI is InChI=1S/C17H13ClN2O4/c1-23-17(22)12-4-7-14(18)15(8-12)20-16(21)10-24-13-5-2-11(9-19)3-6-13/h2-8H,10H2,1H3,(H,20,21). The van der Waals surface area contributed by atoms with Crippen molar-refractivity contribution in [2.24, 2.45) is 0 Å². The normalized spacial score (nSPS) is 9.71. The number of amides is 1. The highest BCUT2D eigenvalue weighted by atomic mass is 35.5. The first-order valence-corrected chi connectivity index (χ1v) is 7.22. The number of methoxy groups -OCH3 is 1. The minimum atomic E-state index is -0.531. The first-order chi connectivity index (χ1) is 11.5. The summed E-state index contributed by atoms with van der Waals surface area (Å²) in [4.78, 5) is 23.4. The molecule has 0 aliphatic rings. The molecular formula is C17H13ClN2O4. The van der Waals surface area contributed by atoms with E-state index in [1.807, 2.05) is 6.07 Å². The number of nitrogens with one attached hydrogen (secondary N) is 1. The summed E-state index contributed by atoms with van der Waals surface area (Å²) in [6.45, 7) is -0.245. The van der Waals surface area contributed by atoms with Gasteiger partial charge in [-0.15, -0.1) is 0 Å². The minimum absolute atomic E-state index is 0.245. The molecule has 0 atom stereocenters. The van der Waals surface area contributed by atoms with Crippen molar-refractivity contribution in [1.29, 1.82) is 5.26 Å². The third-order valence-electron chi connectivity index (χ3n) is 3.01. The van der Waals surface area contributed by atoms with Gasteiger partial charge in [0, 0.05) is 0 Å². The monoisotopic (exact) mass is 344 g/mol. The number of rotatable bonds is 5. The van der Waals surface area contributed by atoms with E-state index in [0.29, 0.717) is 11.3 Å². The molecule has 0 unspecified atom stereocenters. The molecule has 0 aromatic heterocycles. The van der Waals surface area contributed by atoms with Crippen LogP contribution in [0.15, 0.2) is 42.5 Å². The molecular weight excluding hydrogens is 332 g/mol. The van der Waals surface area contributed by atoms with Crippen molar-refractivity contribution in [2.75, 3.05) is 19.0 Å². The molecule has 6 nitrogen and oxygen atoms in total. The maximum atomic E-state index is 11.9. The van der Waals surface area contributed by atoms with E-state index in [2.05, 4.69) is 10.1 Å². The van der Waals surface area contributed by atoms with Crippen LogP contribution in [0.1, 0.15) is 15.9 Å². The van der Waals surface area contributed by atoms with Crippen molar-refractivity contribution in [3.8, 4) is 11.8 Å². The van der Waals surface area contributed by atoms with Crippen LogP contribution in [0.4, 0.5) is 5.69 Å². The lowest BCUT2D eigenvalue weighted by Gasteiger charge is -2.10. The van der Waals surface area contributed by atoms with Gasteiger partial charge in [0.15, 0.2) is 6.61 Å². The van der Waals surface area contributed by atoms with Gasteiger partial charge in [0.1, 0.15) is 5.75 Å². The topological polar surface area (TPSA) is 88.4 Å². The number of benzene rings is 2. The summed E-state index contributed by atoms with van der Waals surface area (Å²) in [6.07, 6.45) is 0. The summed E-state index contributed by atoms with van der Waals surface area (Å²) in [5, 5.41) is 11.6. The quantitative estimate of drug-likeness (QED) is 0.842. The van der Waals surface area contributed by atoms with Gasteiger partial charge in [0.25, 0.3) is 5.91 Å². The Labute approximate surface area is 143 Å². The lowest BCUT2D eigenvalue weighted by Crippen LogP contribution is -2.20. The number of ether oxygens (including phenoxy) is 2. The summed E-state index contributed by atoms with van der Waals surface area (Å²) in [6, 6.07) is 12.8. The first-order valence-electron chi connectivity index (χ1n) is 6.84. The van der Waals surface area contributed by atoms with Crippen molar-refractivity contribution in [2.45, 2.75) is 0 Å². The third-order valence-corrected chi connectivity index (χ3v) is 3.34. The number of anilines is 1. The molecule has 0 aliphatic heterocycles. The summed E-state index contributed by atoms with van der Waals surface area (Å²) in [7, 11) is 1.26. The highest BCUT2D eigenvalue weighted by Gasteiger charge is 2.11. The van der Waals surface area contributed by atoms with Crippen LogP contribution in [0.5, 0.6) is 5.75 Å². The summed E-state index contributed by atoms with van der Waals surface area (Å²) < 4.78 is 9.94. The fourth-order valence-corrected chi connectivity index (χ4v) is 1.99. The summed E-state index contributed by atoms with van der Waals surface area (Å²) in [5.41, 5.74) is 1.05. The number of carbonyl (C=O) groups is 2. The Morgan fingerprint density at radius 3 is 2.54 bits per heavy atom. The molecule has 122 valence electrons. The smallest absolute Gasteiger partial charge is 0.337 e. The highest BCUT2D eigenvalue weighted by Crippen LogP contribution is 2.23. The molecule has 1 N–H and O–H groups in total. The number of carbonyl (C=O) groups excluding carboxylic acids is 2. The van der Waals surface area contributed by atoms with Crippen LogP contribution in [0.2, 0.25) is 5.02 Å². The second kappa shape index (κ2) is 7.99. The maximum Gasteiger partial charge on any atom is 0.337 e. The average molecular weight is 345 g/mol. The zero-order valence-corrected chi connectivity index (χ0v) is 13.5. The van der Waals surface area contributed by atoms with Gasteiger partial charge >= 0.3 is 5.97 Å². The minimum Gasteiger partial charge on any atom is -0.484 e. The molecule has 0 saturated carbocycles. The van der Waals surface area contributed by atoms with Crippen LogP contribution in [0.25, 0.3) is 0 Å². The van der Waals surface area contributed by atoms with Crippen LogP contribution < -0.4 is 10.1 Å². The molecule has 1 amide bonds. The Hall–Kier alpha value is -3.04. The number of nitriles is 1. The van der Waals surface area contributed by atoms with Crippen LogP contribution in [0, 0.1) is 11.3 Å². The fraction of sp³-hybridized carbons (Fsp3) is 0.118. The predicted octanol–water partition coefficient (Wildman–Crippen LogP) is 3.02. The van der Waals surface area contributed by atoms with E-state index in [0.717, 1.165) is 0 Å². The number of esters is 1. The van der Waals surface area contributed by atoms with Gasteiger partial charge in [-0.25, -0.2) is 4.79 Å². The van der Waals surface area contributed by atoms with Crippen molar-refractivity contribution in [3.05, 3.63) is 58.6 Å². The Balaban J connectivity index is 1.99. The summed E-state index contributed by atoms with van der Waals surface area (Å²) >= 11 is 6.00. The van der Waals surface area contributed by atoms with Crippen LogP contribution in [-0.4, -0.2) is 25.6 Å². The van der Waals surface area contributed by atoms with E-state index in [1.165, 1.54) is 25.3 Å². The Morgan fingerprint density at radius 1 is 1.21 bits per heavy atom. The van der Waals surface area contributed by atoms with E-state index >= 15 is 0 Å². The second-order valence-electron chi connectivity index (χ2n) is 4.66. The number of hydrogen-bond donors (Lipinski definition) is 1. The van der Waals surface area contributed by atoms with E-state index < -0.39 is 11.9 Å². The van der Waals surface area contributed by atoms with Crippen molar-refractivity contribution >= 4 is 29.2 Å². The van der Waals surface area contributed by atoms with Crippen molar-refractivity contribution in [3.63, 3.8) is 0 Å². The largest absolute Gasteiger partial charge is 0.484 e. The predicted molar refractivity (Wildman–Crippen MR) is 88.1 cm³/mol. The molecule has 0 fully saturated rings. The van der Waals surface area contributed by atoms with Crippen LogP contribution >= 0.6 is 11.6 Å². The molecule has 7 heteroatoms. The van der Waals surface area contributed by atoms with Crippen LogP contribution in [0.3, 0.4) is 0 Å². The number of nitrogens with zero attached hydrogens (tertiary/aromatic N) is 1. The highest BCUT2D eigenvalue weighted by molar-refractivity contribution is 6.33. The van der Waals surface area contributed by atoms with Crippen molar-refractivity contribution in [1.82, 2.24) is 0 Å². The lowest BCUT2D eigenvalue weighted by atomic mass is 10.2. The molecule has 2 rings (SSSR count). The fourth-order valence-electron chi connectivity index (χ4n) is 1.83. The third kappa shape index (κ3) is 4.48. The molecule has 0 aliphatic carbocycles. The summed E-state index contributed by atoms with van der Waals surface area (Å²) in [5.74, 6) is -0.516. The van der Waals surface area contributed by atoms with Gasteiger partial charge in [-0.3, -0.25) is 4.79 Å². The van der Waals surface area contributed by atoms with Gasteiger partial charge in [-0.2, -0.15) is 5.26 Å². The molecule has 0 radical (unpaired) electrons. The number of halogens is 1. The van der Waals surface area contributed by atoms with E-state index in [9.17, 15) is 9.59 Å². The van der Waals surface area contributed by atoms with E-state index in [1.54, 1.807) is 24.3 Å². The number of hydrogen-bond acceptors (Lipinski definition) is 5. The zero-order valence-electron chi connectivity index (χ0n) is 12.7. The first kappa shape index (κ1) is 17.3. The average Bonchev–Trinajstić information content (AvgIpc) is 2.61.